The van der Waals surface area contributed by atoms with Crippen molar-refractivity contribution in [1.82, 2.24) is 5.32 Å². The SMILES string of the molecule is CN1CCCc2cc(NC(=O)NCC(O)COc3ccc(F)cc3)ccc21. The molecule has 3 N–H and O–H groups in total. The number of hydrogen-bond acceptors (Lipinski definition) is 4. The van der Waals surface area contributed by atoms with E-state index in [1.54, 1.807) is 0 Å². The molecule has 0 aromatic heterocycles. The highest BCUT2D eigenvalue weighted by atomic mass is 19.1. The molecule has 2 aromatic carbocycles. The maximum absolute atomic E-state index is 12.8. The number of ether oxygens (including phenoxy) is 1. The number of hydrogen-bond donors (Lipinski definition) is 3. The van der Waals surface area contributed by atoms with E-state index in [9.17, 15) is 14.3 Å². The third-order valence-electron chi connectivity index (χ3n) is 4.44. The molecule has 0 bridgehead atoms. The second-order valence-electron chi connectivity index (χ2n) is 6.62. The summed E-state index contributed by atoms with van der Waals surface area (Å²) < 4.78 is 18.2. The molecule has 6 nitrogen and oxygen atoms in total. The fourth-order valence-electron chi connectivity index (χ4n) is 3.03. The normalized spacial score (nSPS) is 14.3. The molecular weight excluding hydrogens is 349 g/mol. The van der Waals surface area contributed by atoms with Gasteiger partial charge in [0.1, 0.15) is 24.3 Å². The Bertz CT molecular complexity index is 783. The predicted molar refractivity (Wildman–Crippen MR) is 103 cm³/mol. The maximum Gasteiger partial charge on any atom is 0.319 e. The number of carbonyl (C=O) groups is 1. The summed E-state index contributed by atoms with van der Waals surface area (Å²) in [7, 11) is 2.06. The molecule has 2 aromatic rings. The molecular formula is C20H24FN3O3. The van der Waals surface area contributed by atoms with E-state index in [0.717, 1.165) is 25.1 Å². The third-order valence-corrected chi connectivity index (χ3v) is 4.44. The summed E-state index contributed by atoms with van der Waals surface area (Å²) in [5, 5.41) is 15.3. The maximum atomic E-state index is 12.8. The second kappa shape index (κ2) is 8.73. The van der Waals surface area contributed by atoms with E-state index >= 15 is 0 Å². The summed E-state index contributed by atoms with van der Waals surface area (Å²) >= 11 is 0. The summed E-state index contributed by atoms with van der Waals surface area (Å²) in [5.41, 5.74) is 3.13. The smallest absolute Gasteiger partial charge is 0.319 e. The Morgan fingerprint density at radius 3 is 2.85 bits per heavy atom. The Balaban J connectivity index is 1.43. The van der Waals surface area contributed by atoms with Crippen LogP contribution in [0.2, 0.25) is 0 Å². The fraction of sp³-hybridized carbons (Fsp3) is 0.350. The number of nitrogens with one attached hydrogen (secondary N) is 2. The van der Waals surface area contributed by atoms with Gasteiger partial charge in [-0.1, -0.05) is 0 Å². The molecule has 3 rings (SSSR count). The summed E-state index contributed by atoms with van der Waals surface area (Å²) in [4.78, 5) is 14.2. The number of halogens is 1. The molecule has 0 fully saturated rings. The van der Waals surface area contributed by atoms with Gasteiger partial charge in [0.25, 0.3) is 0 Å². The number of aryl methyl sites for hydroxylation is 1. The first kappa shape index (κ1) is 19.0. The highest BCUT2D eigenvalue weighted by molar-refractivity contribution is 5.89. The van der Waals surface area contributed by atoms with Crippen LogP contribution in [0.1, 0.15) is 12.0 Å². The quantitative estimate of drug-likeness (QED) is 0.728. The van der Waals surface area contributed by atoms with Gasteiger partial charge in [-0.05, 0) is 60.9 Å². The van der Waals surface area contributed by atoms with Crippen LogP contribution in [0.25, 0.3) is 0 Å². The van der Waals surface area contributed by atoms with Crippen LogP contribution in [0.5, 0.6) is 5.75 Å². The lowest BCUT2D eigenvalue weighted by atomic mass is 10.0. The van der Waals surface area contributed by atoms with Crippen molar-refractivity contribution in [2.45, 2.75) is 18.9 Å². The second-order valence-corrected chi connectivity index (χ2v) is 6.62. The van der Waals surface area contributed by atoms with Gasteiger partial charge >= 0.3 is 6.03 Å². The molecule has 1 heterocycles. The zero-order valence-electron chi connectivity index (χ0n) is 15.2. The topological polar surface area (TPSA) is 73.8 Å². The molecule has 1 aliphatic rings. The minimum Gasteiger partial charge on any atom is -0.491 e. The molecule has 7 heteroatoms. The molecule has 0 aliphatic carbocycles. The van der Waals surface area contributed by atoms with E-state index in [2.05, 4.69) is 22.6 Å². The van der Waals surface area contributed by atoms with Gasteiger partial charge in [-0.2, -0.15) is 0 Å². The Morgan fingerprint density at radius 1 is 1.30 bits per heavy atom. The Hall–Kier alpha value is -2.80. The summed E-state index contributed by atoms with van der Waals surface area (Å²) in [6.45, 7) is 1.08. The summed E-state index contributed by atoms with van der Waals surface area (Å²) in [6, 6.07) is 11.0. The van der Waals surface area contributed by atoms with E-state index < -0.39 is 6.10 Å². The Labute approximate surface area is 157 Å². The fourth-order valence-corrected chi connectivity index (χ4v) is 3.03. The Morgan fingerprint density at radius 2 is 2.07 bits per heavy atom. The van der Waals surface area contributed by atoms with Gasteiger partial charge < -0.3 is 25.4 Å². The van der Waals surface area contributed by atoms with Crippen LogP contribution in [-0.4, -0.2) is 44.0 Å². The first-order valence-corrected chi connectivity index (χ1v) is 8.96. The molecule has 1 aliphatic heterocycles. The largest absolute Gasteiger partial charge is 0.491 e. The van der Waals surface area contributed by atoms with Gasteiger partial charge in [0.2, 0.25) is 0 Å². The van der Waals surface area contributed by atoms with Crippen LogP contribution in [0.4, 0.5) is 20.6 Å². The van der Waals surface area contributed by atoms with Crippen molar-refractivity contribution in [2.75, 3.05) is 37.0 Å². The van der Waals surface area contributed by atoms with E-state index in [1.807, 2.05) is 18.2 Å². The van der Waals surface area contributed by atoms with Gasteiger partial charge in [0.05, 0.1) is 0 Å². The van der Waals surface area contributed by atoms with Crippen LogP contribution in [-0.2, 0) is 6.42 Å². The zero-order valence-corrected chi connectivity index (χ0v) is 15.2. The number of aliphatic hydroxyl groups is 1. The van der Waals surface area contributed by atoms with Gasteiger partial charge in [0, 0.05) is 31.5 Å². The van der Waals surface area contributed by atoms with Crippen LogP contribution in [0.3, 0.4) is 0 Å². The highest BCUT2D eigenvalue weighted by Crippen LogP contribution is 2.28. The van der Waals surface area contributed by atoms with Gasteiger partial charge in [0.15, 0.2) is 0 Å². The highest BCUT2D eigenvalue weighted by Gasteiger charge is 2.14. The number of rotatable bonds is 6. The molecule has 27 heavy (non-hydrogen) atoms. The molecule has 0 saturated heterocycles. The number of aliphatic hydroxyl groups excluding tert-OH is 1. The van der Waals surface area contributed by atoms with Crippen molar-refractivity contribution < 1.29 is 19.0 Å². The monoisotopic (exact) mass is 373 g/mol. The van der Waals surface area contributed by atoms with Crippen molar-refractivity contribution in [2.24, 2.45) is 0 Å². The molecule has 0 saturated carbocycles. The minimum atomic E-state index is -0.877. The zero-order chi connectivity index (χ0) is 19.2. The molecule has 2 amide bonds. The number of benzene rings is 2. The summed E-state index contributed by atoms with van der Waals surface area (Å²) in [6.07, 6.45) is 1.22. The molecule has 144 valence electrons. The van der Waals surface area contributed by atoms with Gasteiger partial charge in [-0.3, -0.25) is 0 Å². The van der Waals surface area contributed by atoms with Gasteiger partial charge in [-0.25, -0.2) is 9.18 Å². The molecule has 1 atom stereocenters. The first-order chi connectivity index (χ1) is 13.0. The predicted octanol–water partition coefficient (Wildman–Crippen LogP) is 2.77. The first-order valence-electron chi connectivity index (χ1n) is 8.96. The molecule has 0 spiro atoms. The van der Waals surface area contributed by atoms with E-state index in [0.29, 0.717) is 5.75 Å². The Kier molecular flexibility index (Phi) is 6.13. The summed E-state index contributed by atoms with van der Waals surface area (Å²) in [5.74, 6) is 0.106. The van der Waals surface area contributed by atoms with Crippen LogP contribution >= 0.6 is 0 Å². The van der Waals surface area contributed by atoms with Crippen LogP contribution < -0.4 is 20.3 Å². The standard InChI is InChI=1S/C20H24FN3O3/c1-24-10-2-3-14-11-16(6-9-19(14)24)23-20(26)22-12-17(25)13-27-18-7-4-15(21)5-8-18/h4-9,11,17,25H,2-3,10,12-13H2,1H3,(H2,22,23,26). The number of nitrogens with zero attached hydrogens (tertiary/aromatic N) is 1. The average molecular weight is 373 g/mol. The van der Waals surface area contributed by atoms with E-state index in [1.165, 1.54) is 35.5 Å². The van der Waals surface area contributed by atoms with Gasteiger partial charge in [-0.15, -0.1) is 0 Å². The van der Waals surface area contributed by atoms with Crippen molar-refractivity contribution >= 4 is 17.4 Å². The molecule has 1 unspecified atom stereocenters. The number of fused-ring (bicyclic) bond motifs is 1. The van der Waals surface area contributed by atoms with Crippen molar-refractivity contribution in [3.05, 3.63) is 53.8 Å². The molecule has 0 radical (unpaired) electrons. The third kappa shape index (κ3) is 5.34. The lowest BCUT2D eigenvalue weighted by molar-refractivity contribution is 0.108. The van der Waals surface area contributed by atoms with E-state index in [4.69, 9.17) is 4.74 Å². The number of carbonyl (C=O) groups excluding carboxylic acids is 1. The lowest BCUT2D eigenvalue weighted by Gasteiger charge is -2.27. The van der Waals surface area contributed by atoms with E-state index in [-0.39, 0.29) is 25.0 Å². The van der Waals surface area contributed by atoms with Crippen LogP contribution in [0, 0.1) is 5.82 Å². The minimum absolute atomic E-state index is 0.00288. The number of urea groups is 1. The van der Waals surface area contributed by atoms with Crippen molar-refractivity contribution in [1.29, 1.82) is 0 Å². The van der Waals surface area contributed by atoms with Crippen LogP contribution in [0.15, 0.2) is 42.5 Å². The average Bonchev–Trinajstić information content (AvgIpc) is 2.66. The number of amides is 2. The van der Waals surface area contributed by atoms with Crippen molar-refractivity contribution in [3.63, 3.8) is 0 Å². The number of anilines is 2. The van der Waals surface area contributed by atoms with Crippen molar-refractivity contribution in [3.8, 4) is 5.75 Å². The lowest BCUT2D eigenvalue weighted by Crippen LogP contribution is -2.37.